The summed E-state index contributed by atoms with van der Waals surface area (Å²) in [5.74, 6) is -0.620. The molecule has 0 radical (unpaired) electrons. The lowest BCUT2D eigenvalue weighted by Crippen LogP contribution is -2.37. The average Bonchev–Trinajstić information content (AvgIpc) is 2.66. The molecule has 1 heterocycles. The van der Waals surface area contributed by atoms with Crippen LogP contribution in [0.15, 0.2) is 0 Å². The summed E-state index contributed by atoms with van der Waals surface area (Å²) < 4.78 is 10.2. The van der Waals surface area contributed by atoms with Gasteiger partial charge in [0.25, 0.3) is 0 Å². The van der Waals surface area contributed by atoms with E-state index in [1.807, 2.05) is 6.92 Å². The second kappa shape index (κ2) is 6.79. The number of hydrogen-bond acceptors (Lipinski definition) is 6. The molecule has 0 amide bonds. The van der Waals surface area contributed by atoms with Crippen molar-refractivity contribution < 1.29 is 19.1 Å². The van der Waals surface area contributed by atoms with E-state index in [9.17, 15) is 9.59 Å². The standard InChI is InChI=1S/C12H20N2O4S/c1-3-5-12(9(15)17-4-2)6-8(18-10(12)16)7-19-11(13)14/h8H,3-7H2,1-2H3,(H3,13,14). The molecule has 1 saturated heterocycles. The summed E-state index contributed by atoms with van der Waals surface area (Å²) in [5.41, 5.74) is 4.08. The highest BCUT2D eigenvalue weighted by Gasteiger charge is 2.55. The maximum Gasteiger partial charge on any atom is 0.323 e. The lowest BCUT2D eigenvalue weighted by Gasteiger charge is -2.21. The second-order valence-electron chi connectivity index (χ2n) is 4.46. The van der Waals surface area contributed by atoms with Crippen LogP contribution in [-0.2, 0) is 19.1 Å². The zero-order valence-electron chi connectivity index (χ0n) is 11.2. The zero-order valence-corrected chi connectivity index (χ0v) is 12.0. The van der Waals surface area contributed by atoms with E-state index in [1.165, 1.54) is 0 Å². The van der Waals surface area contributed by atoms with Gasteiger partial charge in [0.15, 0.2) is 10.6 Å². The lowest BCUT2D eigenvalue weighted by atomic mass is 9.80. The van der Waals surface area contributed by atoms with Gasteiger partial charge < -0.3 is 15.2 Å². The van der Waals surface area contributed by atoms with Gasteiger partial charge in [0.2, 0.25) is 0 Å². The van der Waals surface area contributed by atoms with Gasteiger partial charge in [-0.15, -0.1) is 0 Å². The number of hydrogen-bond donors (Lipinski definition) is 2. The van der Waals surface area contributed by atoms with Crippen LogP contribution in [0.25, 0.3) is 0 Å². The van der Waals surface area contributed by atoms with E-state index in [-0.39, 0.29) is 11.8 Å². The first-order valence-corrected chi connectivity index (χ1v) is 7.30. The maximum atomic E-state index is 12.1. The predicted molar refractivity (Wildman–Crippen MR) is 72.8 cm³/mol. The molecule has 108 valence electrons. The SMILES string of the molecule is CCCC1(C(=O)OCC)CC(CSC(=N)N)OC1=O. The van der Waals surface area contributed by atoms with Gasteiger partial charge in [0.1, 0.15) is 6.10 Å². The van der Waals surface area contributed by atoms with Gasteiger partial charge in [-0.1, -0.05) is 25.1 Å². The minimum absolute atomic E-state index is 0.0276. The Hall–Kier alpha value is -1.24. The van der Waals surface area contributed by atoms with Crippen molar-refractivity contribution in [1.82, 2.24) is 0 Å². The topological polar surface area (TPSA) is 102 Å². The van der Waals surface area contributed by atoms with Gasteiger partial charge in [-0.05, 0) is 13.3 Å². The number of nitrogens with one attached hydrogen (secondary N) is 1. The number of carbonyl (C=O) groups is 2. The van der Waals surface area contributed by atoms with Crippen LogP contribution in [0, 0.1) is 10.8 Å². The fraction of sp³-hybridized carbons (Fsp3) is 0.750. The number of esters is 2. The van der Waals surface area contributed by atoms with E-state index in [0.29, 0.717) is 25.0 Å². The van der Waals surface area contributed by atoms with Gasteiger partial charge in [-0.2, -0.15) is 0 Å². The molecule has 0 aliphatic carbocycles. The van der Waals surface area contributed by atoms with Crippen molar-refractivity contribution in [2.45, 2.75) is 39.2 Å². The highest BCUT2D eigenvalue weighted by atomic mass is 32.2. The van der Waals surface area contributed by atoms with Crippen LogP contribution in [0.5, 0.6) is 0 Å². The Bertz CT molecular complexity index is 375. The highest BCUT2D eigenvalue weighted by Crippen LogP contribution is 2.40. The van der Waals surface area contributed by atoms with Crippen molar-refractivity contribution in [3.05, 3.63) is 0 Å². The highest BCUT2D eigenvalue weighted by molar-refractivity contribution is 8.13. The average molecular weight is 288 g/mol. The number of ether oxygens (including phenoxy) is 2. The van der Waals surface area contributed by atoms with Crippen LogP contribution in [0.1, 0.15) is 33.1 Å². The zero-order chi connectivity index (χ0) is 14.5. The van der Waals surface area contributed by atoms with Crippen molar-refractivity contribution in [1.29, 1.82) is 5.41 Å². The first kappa shape index (κ1) is 15.8. The quantitative estimate of drug-likeness (QED) is 0.330. The molecule has 0 bridgehead atoms. The number of cyclic esters (lactones) is 1. The summed E-state index contributed by atoms with van der Waals surface area (Å²) in [6, 6.07) is 0. The molecule has 6 nitrogen and oxygen atoms in total. The monoisotopic (exact) mass is 288 g/mol. The van der Waals surface area contributed by atoms with Crippen molar-refractivity contribution in [2.75, 3.05) is 12.4 Å². The van der Waals surface area contributed by atoms with E-state index < -0.39 is 23.5 Å². The fourth-order valence-corrected chi connectivity index (χ4v) is 2.77. The minimum Gasteiger partial charge on any atom is -0.465 e. The summed E-state index contributed by atoms with van der Waals surface area (Å²) in [4.78, 5) is 24.1. The third-order valence-electron chi connectivity index (χ3n) is 3.01. The molecule has 0 saturated carbocycles. The molecule has 2 atom stereocenters. The summed E-state index contributed by atoms with van der Waals surface area (Å²) in [6.07, 6.45) is 1.03. The largest absolute Gasteiger partial charge is 0.465 e. The first-order chi connectivity index (χ1) is 8.96. The van der Waals surface area contributed by atoms with Crippen molar-refractivity contribution >= 4 is 28.9 Å². The van der Waals surface area contributed by atoms with Crippen LogP contribution < -0.4 is 5.73 Å². The molecule has 2 unspecified atom stereocenters. The van der Waals surface area contributed by atoms with Gasteiger partial charge in [-0.3, -0.25) is 15.0 Å². The van der Waals surface area contributed by atoms with Crippen molar-refractivity contribution in [3.63, 3.8) is 0 Å². The normalized spacial score (nSPS) is 26.0. The Morgan fingerprint density at radius 1 is 1.63 bits per heavy atom. The van der Waals surface area contributed by atoms with Crippen LogP contribution in [-0.4, -0.2) is 35.6 Å². The van der Waals surface area contributed by atoms with E-state index >= 15 is 0 Å². The molecule has 1 fully saturated rings. The lowest BCUT2D eigenvalue weighted by molar-refractivity contribution is -0.165. The molecule has 0 aromatic rings. The van der Waals surface area contributed by atoms with Gasteiger partial charge in [-0.25, -0.2) is 0 Å². The predicted octanol–water partition coefficient (Wildman–Crippen LogP) is 1.28. The molecule has 0 aromatic carbocycles. The summed E-state index contributed by atoms with van der Waals surface area (Å²) in [6.45, 7) is 3.86. The van der Waals surface area contributed by atoms with Gasteiger partial charge >= 0.3 is 11.9 Å². The Kier molecular flexibility index (Phi) is 5.65. The number of thioether (sulfide) groups is 1. The first-order valence-electron chi connectivity index (χ1n) is 6.31. The second-order valence-corrected chi connectivity index (χ2v) is 5.52. The molecule has 19 heavy (non-hydrogen) atoms. The third-order valence-corrected chi connectivity index (χ3v) is 3.86. The molecular weight excluding hydrogens is 268 g/mol. The molecule has 7 heteroatoms. The molecule has 1 aliphatic heterocycles. The minimum atomic E-state index is -1.17. The summed E-state index contributed by atoms with van der Waals surface area (Å²) >= 11 is 1.11. The Morgan fingerprint density at radius 2 is 2.32 bits per heavy atom. The smallest absolute Gasteiger partial charge is 0.323 e. The molecule has 3 N–H and O–H groups in total. The fourth-order valence-electron chi connectivity index (χ4n) is 2.22. The summed E-state index contributed by atoms with van der Waals surface area (Å²) in [5, 5.41) is 7.12. The Morgan fingerprint density at radius 3 is 2.84 bits per heavy atom. The third kappa shape index (κ3) is 3.62. The number of amidine groups is 1. The van der Waals surface area contributed by atoms with Crippen molar-refractivity contribution in [3.8, 4) is 0 Å². The van der Waals surface area contributed by atoms with Crippen LogP contribution in [0.3, 0.4) is 0 Å². The Balaban J connectivity index is 2.78. The van der Waals surface area contributed by atoms with Crippen LogP contribution >= 0.6 is 11.8 Å². The Labute approximate surface area is 116 Å². The number of nitrogens with two attached hydrogens (primary N) is 1. The van der Waals surface area contributed by atoms with Crippen LogP contribution in [0.2, 0.25) is 0 Å². The molecular formula is C12H20N2O4S. The van der Waals surface area contributed by atoms with E-state index in [1.54, 1.807) is 6.92 Å². The maximum absolute atomic E-state index is 12.1. The van der Waals surface area contributed by atoms with Gasteiger partial charge in [0.05, 0.1) is 6.61 Å². The van der Waals surface area contributed by atoms with Gasteiger partial charge in [0, 0.05) is 12.2 Å². The van der Waals surface area contributed by atoms with Crippen LogP contribution in [0.4, 0.5) is 0 Å². The van der Waals surface area contributed by atoms with E-state index in [0.717, 1.165) is 11.8 Å². The molecule has 1 rings (SSSR count). The summed E-state index contributed by atoms with van der Waals surface area (Å²) in [7, 11) is 0. The van der Waals surface area contributed by atoms with E-state index in [2.05, 4.69) is 0 Å². The number of carbonyl (C=O) groups excluding carboxylic acids is 2. The number of rotatable bonds is 6. The molecule has 0 spiro atoms. The molecule has 0 aromatic heterocycles. The van der Waals surface area contributed by atoms with Crippen molar-refractivity contribution in [2.24, 2.45) is 11.1 Å². The van der Waals surface area contributed by atoms with E-state index in [4.69, 9.17) is 20.6 Å². The molecule has 1 aliphatic rings.